The standard InChI is InChI=1S/C23H20N4O2S2/c1-13-19(22(30-2)26-20(24-13)18-7-4-10-29-18)21(28)27-23-25-17(12-31-23)16-9-8-14-5-3-6-15(14)11-16/h4,7-12H,3,5-6H2,1-2H3,(H,25,27,28). The van der Waals surface area contributed by atoms with E-state index in [9.17, 15) is 4.79 Å². The lowest BCUT2D eigenvalue weighted by Crippen LogP contribution is -2.16. The number of carbonyl (C=O) groups excluding carboxylic acids is 1. The summed E-state index contributed by atoms with van der Waals surface area (Å²) >= 11 is 2.82. The first-order chi connectivity index (χ1) is 15.1. The summed E-state index contributed by atoms with van der Waals surface area (Å²) in [5.74, 6) is 0.781. The minimum atomic E-state index is -0.261. The van der Waals surface area contributed by atoms with E-state index in [0.717, 1.165) is 24.1 Å². The van der Waals surface area contributed by atoms with Gasteiger partial charge in [0.1, 0.15) is 5.03 Å². The third-order valence-corrected chi connectivity index (χ3v) is 6.78. The number of aromatic nitrogens is 3. The molecule has 0 unspecified atom stereocenters. The molecule has 0 atom stereocenters. The Kier molecular flexibility index (Phi) is 5.33. The second kappa shape index (κ2) is 8.28. The molecule has 0 saturated heterocycles. The predicted molar refractivity (Wildman–Crippen MR) is 124 cm³/mol. The van der Waals surface area contributed by atoms with E-state index in [-0.39, 0.29) is 5.91 Å². The second-order valence-electron chi connectivity index (χ2n) is 7.32. The van der Waals surface area contributed by atoms with Gasteiger partial charge in [-0.05, 0) is 61.8 Å². The minimum absolute atomic E-state index is 0.261. The number of rotatable bonds is 5. The molecule has 0 spiro atoms. The number of fused-ring (bicyclic) bond motifs is 1. The molecule has 6 nitrogen and oxygen atoms in total. The van der Waals surface area contributed by atoms with Gasteiger partial charge in [0.05, 0.1) is 23.2 Å². The van der Waals surface area contributed by atoms with Crippen molar-refractivity contribution < 1.29 is 9.21 Å². The smallest absolute Gasteiger partial charge is 0.262 e. The highest BCUT2D eigenvalue weighted by atomic mass is 32.2. The van der Waals surface area contributed by atoms with Gasteiger partial charge in [0, 0.05) is 10.9 Å². The summed E-state index contributed by atoms with van der Waals surface area (Å²) < 4.78 is 5.40. The summed E-state index contributed by atoms with van der Waals surface area (Å²) in [7, 11) is 0. The highest BCUT2D eigenvalue weighted by molar-refractivity contribution is 7.98. The zero-order valence-corrected chi connectivity index (χ0v) is 18.8. The molecule has 0 radical (unpaired) electrons. The van der Waals surface area contributed by atoms with Crippen LogP contribution >= 0.6 is 23.1 Å². The van der Waals surface area contributed by atoms with Crippen molar-refractivity contribution in [3.05, 3.63) is 64.4 Å². The molecule has 3 aromatic heterocycles. The summed E-state index contributed by atoms with van der Waals surface area (Å²) in [6, 6.07) is 10.1. The number of amides is 1. The number of benzene rings is 1. The van der Waals surface area contributed by atoms with E-state index >= 15 is 0 Å². The Labute approximate surface area is 188 Å². The van der Waals surface area contributed by atoms with E-state index in [4.69, 9.17) is 4.42 Å². The molecule has 8 heteroatoms. The van der Waals surface area contributed by atoms with E-state index in [1.807, 2.05) is 11.6 Å². The van der Waals surface area contributed by atoms with Crippen molar-refractivity contribution in [2.75, 3.05) is 11.6 Å². The Morgan fingerprint density at radius 1 is 1.16 bits per heavy atom. The Hall–Kier alpha value is -2.97. The van der Waals surface area contributed by atoms with Crippen LogP contribution in [0.4, 0.5) is 5.13 Å². The monoisotopic (exact) mass is 448 g/mol. The van der Waals surface area contributed by atoms with Crippen molar-refractivity contribution in [3.8, 4) is 22.8 Å². The predicted octanol–water partition coefficient (Wildman–Crippen LogP) is 5.63. The summed E-state index contributed by atoms with van der Waals surface area (Å²) in [5.41, 5.74) is 5.86. The molecule has 3 heterocycles. The maximum atomic E-state index is 13.1. The lowest BCUT2D eigenvalue weighted by atomic mass is 10.1. The van der Waals surface area contributed by atoms with Crippen LogP contribution in [0, 0.1) is 6.92 Å². The molecule has 0 saturated carbocycles. The van der Waals surface area contributed by atoms with Crippen LogP contribution in [0.15, 0.2) is 51.4 Å². The molecule has 0 fully saturated rings. The zero-order chi connectivity index (χ0) is 21.4. The van der Waals surface area contributed by atoms with Gasteiger partial charge in [-0.15, -0.1) is 23.1 Å². The van der Waals surface area contributed by atoms with Gasteiger partial charge in [0.25, 0.3) is 5.91 Å². The molecular formula is C23H20N4O2S2. The third-order valence-electron chi connectivity index (χ3n) is 5.34. The fourth-order valence-corrected chi connectivity index (χ4v) is 5.16. The normalized spacial score (nSPS) is 12.7. The molecular weight excluding hydrogens is 428 g/mol. The number of thioether (sulfide) groups is 1. The average Bonchev–Trinajstić information content (AvgIpc) is 3.53. The summed E-state index contributed by atoms with van der Waals surface area (Å²) in [6.45, 7) is 1.81. The molecule has 1 aliphatic rings. The van der Waals surface area contributed by atoms with Crippen molar-refractivity contribution in [1.82, 2.24) is 15.0 Å². The van der Waals surface area contributed by atoms with Crippen molar-refractivity contribution in [3.63, 3.8) is 0 Å². The topological polar surface area (TPSA) is 80.9 Å². The molecule has 4 aromatic rings. The average molecular weight is 449 g/mol. The summed E-state index contributed by atoms with van der Waals surface area (Å²) in [6.07, 6.45) is 6.97. The van der Waals surface area contributed by atoms with Crippen LogP contribution < -0.4 is 5.32 Å². The highest BCUT2D eigenvalue weighted by Crippen LogP contribution is 2.31. The van der Waals surface area contributed by atoms with E-state index < -0.39 is 0 Å². The van der Waals surface area contributed by atoms with Crippen molar-refractivity contribution >= 4 is 34.1 Å². The molecule has 156 valence electrons. The molecule has 0 bridgehead atoms. The van der Waals surface area contributed by atoms with Crippen LogP contribution in [-0.4, -0.2) is 27.1 Å². The maximum Gasteiger partial charge on any atom is 0.262 e. The Balaban J connectivity index is 1.39. The highest BCUT2D eigenvalue weighted by Gasteiger charge is 2.21. The van der Waals surface area contributed by atoms with Gasteiger partial charge in [0.2, 0.25) is 0 Å². The molecule has 1 N–H and O–H groups in total. The number of carbonyl (C=O) groups is 1. The fourth-order valence-electron chi connectivity index (χ4n) is 3.83. The van der Waals surface area contributed by atoms with E-state index in [0.29, 0.717) is 33.0 Å². The SMILES string of the molecule is CSc1nc(-c2ccco2)nc(C)c1C(=O)Nc1nc(-c2ccc3c(c2)CCC3)cs1. The van der Waals surface area contributed by atoms with Crippen LogP contribution in [-0.2, 0) is 12.8 Å². The van der Waals surface area contributed by atoms with Crippen LogP contribution in [0.1, 0.15) is 33.6 Å². The molecule has 5 rings (SSSR count). The number of nitrogens with zero attached hydrogens (tertiary/aromatic N) is 3. The number of nitrogens with one attached hydrogen (secondary N) is 1. The quantitative estimate of drug-likeness (QED) is 0.315. The van der Waals surface area contributed by atoms with Crippen LogP contribution in [0.3, 0.4) is 0 Å². The fraction of sp³-hybridized carbons (Fsp3) is 0.217. The number of thiazole rings is 1. The van der Waals surface area contributed by atoms with Gasteiger partial charge in [-0.25, -0.2) is 15.0 Å². The first-order valence-corrected chi connectivity index (χ1v) is 12.1. The van der Waals surface area contributed by atoms with Crippen molar-refractivity contribution in [2.45, 2.75) is 31.2 Å². The van der Waals surface area contributed by atoms with E-state index in [2.05, 4.69) is 38.5 Å². The number of hydrogen-bond acceptors (Lipinski definition) is 7. The van der Waals surface area contributed by atoms with Crippen LogP contribution in [0.5, 0.6) is 0 Å². The first-order valence-electron chi connectivity index (χ1n) is 9.98. The Morgan fingerprint density at radius 2 is 2.03 bits per heavy atom. The lowest BCUT2D eigenvalue weighted by Gasteiger charge is -2.10. The van der Waals surface area contributed by atoms with Gasteiger partial charge < -0.3 is 4.42 Å². The van der Waals surface area contributed by atoms with E-state index in [1.165, 1.54) is 40.6 Å². The minimum Gasteiger partial charge on any atom is -0.461 e. The van der Waals surface area contributed by atoms with E-state index in [1.54, 1.807) is 25.3 Å². The zero-order valence-electron chi connectivity index (χ0n) is 17.1. The maximum absolute atomic E-state index is 13.1. The van der Waals surface area contributed by atoms with Gasteiger partial charge in [0.15, 0.2) is 16.7 Å². The first kappa shape index (κ1) is 20.0. The number of hydrogen-bond donors (Lipinski definition) is 1. The largest absolute Gasteiger partial charge is 0.461 e. The molecule has 0 aliphatic heterocycles. The van der Waals surface area contributed by atoms with Gasteiger partial charge in [-0.3, -0.25) is 10.1 Å². The Morgan fingerprint density at radius 3 is 2.84 bits per heavy atom. The number of furan rings is 1. The van der Waals surface area contributed by atoms with Crippen molar-refractivity contribution in [2.24, 2.45) is 0 Å². The second-order valence-corrected chi connectivity index (χ2v) is 8.98. The van der Waals surface area contributed by atoms with Crippen LogP contribution in [0.25, 0.3) is 22.8 Å². The number of aryl methyl sites for hydroxylation is 3. The van der Waals surface area contributed by atoms with Crippen LogP contribution in [0.2, 0.25) is 0 Å². The molecule has 1 amide bonds. The molecule has 1 aromatic carbocycles. The third kappa shape index (κ3) is 3.88. The van der Waals surface area contributed by atoms with Gasteiger partial charge >= 0.3 is 0 Å². The summed E-state index contributed by atoms with van der Waals surface area (Å²) in [5, 5.41) is 6.06. The van der Waals surface area contributed by atoms with Gasteiger partial charge in [-0.1, -0.05) is 12.1 Å². The number of anilines is 1. The summed E-state index contributed by atoms with van der Waals surface area (Å²) in [4.78, 5) is 26.7. The molecule has 1 aliphatic carbocycles. The van der Waals surface area contributed by atoms with Gasteiger partial charge in [-0.2, -0.15) is 0 Å². The molecule has 31 heavy (non-hydrogen) atoms. The lowest BCUT2D eigenvalue weighted by molar-refractivity contribution is 0.102. The Bertz CT molecular complexity index is 1260. The van der Waals surface area contributed by atoms with Crippen molar-refractivity contribution in [1.29, 1.82) is 0 Å².